The van der Waals surface area contributed by atoms with Gasteiger partial charge >= 0.3 is 0 Å². The maximum atomic E-state index is 5.68. The van der Waals surface area contributed by atoms with E-state index >= 15 is 0 Å². The SMILES string of the molecule is Cc1ccc(Br)cc1-c1nnc(CCCl)s1. The molecule has 1 heterocycles. The van der Waals surface area contributed by atoms with Crippen molar-refractivity contribution < 1.29 is 0 Å². The molecule has 5 heteroatoms. The Morgan fingerprint density at radius 3 is 2.94 bits per heavy atom. The van der Waals surface area contributed by atoms with Gasteiger partial charge in [-0.1, -0.05) is 33.3 Å². The summed E-state index contributed by atoms with van der Waals surface area (Å²) in [6.45, 7) is 2.07. The van der Waals surface area contributed by atoms with Crippen LogP contribution >= 0.6 is 38.9 Å². The van der Waals surface area contributed by atoms with E-state index in [2.05, 4.69) is 45.2 Å². The highest BCUT2D eigenvalue weighted by atomic mass is 79.9. The topological polar surface area (TPSA) is 25.8 Å². The summed E-state index contributed by atoms with van der Waals surface area (Å²) in [5.41, 5.74) is 2.34. The van der Waals surface area contributed by atoms with E-state index in [1.54, 1.807) is 11.3 Å². The van der Waals surface area contributed by atoms with Crippen LogP contribution in [0.15, 0.2) is 22.7 Å². The first-order valence-electron chi connectivity index (χ1n) is 4.85. The molecule has 0 N–H and O–H groups in total. The van der Waals surface area contributed by atoms with Crippen molar-refractivity contribution in [3.05, 3.63) is 33.2 Å². The molecule has 0 aliphatic carbocycles. The molecule has 84 valence electrons. The van der Waals surface area contributed by atoms with Crippen molar-refractivity contribution in [3.8, 4) is 10.6 Å². The van der Waals surface area contributed by atoms with Gasteiger partial charge in [0.1, 0.15) is 10.0 Å². The van der Waals surface area contributed by atoms with E-state index < -0.39 is 0 Å². The van der Waals surface area contributed by atoms with E-state index in [4.69, 9.17) is 11.6 Å². The number of aromatic nitrogens is 2. The van der Waals surface area contributed by atoms with E-state index in [0.717, 1.165) is 26.5 Å². The molecule has 0 aliphatic heterocycles. The standard InChI is InChI=1S/C11H10BrClN2S/c1-7-2-3-8(12)6-9(7)11-15-14-10(16-11)4-5-13/h2-3,6H,4-5H2,1H3. The Kier molecular flexibility index (Phi) is 3.95. The quantitative estimate of drug-likeness (QED) is 0.798. The molecule has 0 radical (unpaired) electrons. The lowest BCUT2D eigenvalue weighted by Gasteiger charge is -2.01. The van der Waals surface area contributed by atoms with Crippen LogP contribution in [-0.4, -0.2) is 16.1 Å². The van der Waals surface area contributed by atoms with Crippen LogP contribution in [0.1, 0.15) is 10.6 Å². The largest absolute Gasteiger partial charge is 0.148 e. The van der Waals surface area contributed by atoms with Crippen molar-refractivity contribution in [1.82, 2.24) is 10.2 Å². The molecule has 0 saturated heterocycles. The average molecular weight is 318 g/mol. The fraction of sp³-hybridized carbons (Fsp3) is 0.273. The summed E-state index contributed by atoms with van der Waals surface area (Å²) in [5.74, 6) is 0.589. The number of aryl methyl sites for hydroxylation is 2. The van der Waals surface area contributed by atoms with Gasteiger partial charge < -0.3 is 0 Å². The van der Waals surface area contributed by atoms with Crippen molar-refractivity contribution in [2.24, 2.45) is 0 Å². The van der Waals surface area contributed by atoms with E-state index in [1.165, 1.54) is 5.56 Å². The molecule has 1 aromatic carbocycles. The van der Waals surface area contributed by atoms with Crippen LogP contribution in [0.5, 0.6) is 0 Å². The van der Waals surface area contributed by atoms with Gasteiger partial charge in [0.25, 0.3) is 0 Å². The normalized spacial score (nSPS) is 10.7. The molecule has 2 nitrogen and oxygen atoms in total. The lowest BCUT2D eigenvalue weighted by atomic mass is 10.1. The molecule has 0 bridgehead atoms. The number of hydrogen-bond acceptors (Lipinski definition) is 3. The van der Waals surface area contributed by atoms with Gasteiger partial charge in [0.15, 0.2) is 0 Å². The zero-order chi connectivity index (χ0) is 11.5. The van der Waals surface area contributed by atoms with Gasteiger partial charge in [-0.25, -0.2) is 0 Å². The molecule has 0 atom stereocenters. The van der Waals surface area contributed by atoms with Crippen LogP contribution in [0.3, 0.4) is 0 Å². The van der Waals surface area contributed by atoms with Crippen molar-refractivity contribution in [2.75, 3.05) is 5.88 Å². The minimum atomic E-state index is 0.589. The molecule has 0 spiro atoms. The summed E-state index contributed by atoms with van der Waals surface area (Å²) in [5, 5.41) is 10.3. The highest BCUT2D eigenvalue weighted by molar-refractivity contribution is 9.10. The fourth-order valence-corrected chi connectivity index (χ4v) is 2.94. The Morgan fingerprint density at radius 2 is 2.19 bits per heavy atom. The summed E-state index contributed by atoms with van der Waals surface area (Å²) in [6, 6.07) is 6.17. The average Bonchev–Trinajstić information content (AvgIpc) is 2.71. The third kappa shape index (κ3) is 2.62. The maximum Gasteiger partial charge on any atom is 0.148 e. The van der Waals surface area contributed by atoms with Crippen molar-refractivity contribution in [3.63, 3.8) is 0 Å². The molecule has 2 aromatic rings. The van der Waals surface area contributed by atoms with Crippen LogP contribution in [0.2, 0.25) is 0 Å². The van der Waals surface area contributed by atoms with Gasteiger partial charge in [0.2, 0.25) is 0 Å². The summed E-state index contributed by atoms with van der Waals surface area (Å²) in [7, 11) is 0. The van der Waals surface area contributed by atoms with Gasteiger partial charge in [-0.15, -0.1) is 21.8 Å². The predicted molar refractivity (Wildman–Crippen MR) is 72.2 cm³/mol. The number of halogens is 2. The molecule has 16 heavy (non-hydrogen) atoms. The monoisotopic (exact) mass is 316 g/mol. The number of alkyl halides is 1. The van der Waals surface area contributed by atoms with Crippen LogP contribution in [0, 0.1) is 6.92 Å². The summed E-state index contributed by atoms with van der Waals surface area (Å²) < 4.78 is 1.06. The molecule has 2 rings (SSSR count). The van der Waals surface area contributed by atoms with E-state index in [-0.39, 0.29) is 0 Å². The molecule has 0 aliphatic rings. The molecule has 0 fully saturated rings. The van der Waals surface area contributed by atoms with Crippen LogP contribution in [0.25, 0.3) is 10.6 Å². The highest BCUT2D eigenvalue weighted by Crippen LogP contribution is 2.29. The van der Waals surface area contributed by atoms with E-state index in [1.807, 2.05) is 6.07 Å². The highest BCUT2D eigenvalue weighted by Gasteiger charge is 2.09. The third-order valence-corrected chi connectivity index (χ3v) is 3.90. The second-order valence-electron chi connectivity index (χ2n) is 3.40. The number of rotatable bonds is 3. The van der Waals surface area contributed by atoms with Crippen LogP contribution < -0.4 is 0 Å². The molecule has 0 amide bonds. The molecule has 1 aromatic heterocycles. The number of hydrogen-bond donors (Lipinski definition) is 0. The molecule has 0 saturated carbocycles. The zero-order valence-corrected chi connectivity index (χ0v) is 11.9. The second-order valence-corrected chi connectivity index (χ2v) is 5.75. The summed E-state index contributed by atoms with van der Waals surface area (Å²) in [6.07, 6.45) is 0.784. The summed E-state index contributed by atoms with van der Waals surface area (Å²) >= 11 is 10.8. The Labute approximate surface area is 112 Å². The van der Waals surface area contributed by atoms with Crippen molar-refractivity contribution in [1.29, 1.82) is 0 Å². The minimum absolute atomic E-state index is 0.589. The van der Waals surface area contributed by atoms with Gasteiger partial charge in [-0.3, -0.25) is 0 Å². The molecular formula is C11H10BrClN2S. The van der Waals surface area contributed by atoms with Gasteiger partial charge in [0, 0.05) is 22.3 Å². The predicted octanol–water partition coefficient (Wildman–Crippen LogP) is 4.06. The number of benzene rings is 1. The van der Waals surface area contributed by atoms with Crippen molar-refractivity contribution >= 4 is 38.9 Å². The molecule has 0 unspecified atom stereocenters. The fourth-order valence-electron chi connectivity index (χ4n) is 1.37. The first-order valence-corrected chi connectivity index (χ1v) is 7.00. The van der Waals surface area contributed by atoms with Gasteiger partial charge in [-0.05, 0) is 24.6 Å². The van der Waals surface area contributed by atoms with E-state index in [9.17, 15) is 0 Å². The van der Waals surface area contributed by atoms with Crippen molar-refractivity contribution in [2.45, 2.75) is 13.3 Å². The Hall–Kier alpha value is -0.450. The van der Waals surface area contributed by atoms with Crippen LogP contribution in [0.4, 0.5) is 0 Å². The number of nitrogens with zero attached hydrogens (tertiary/aromatic N) is 2. The maximum absolute atomic E-state index is 5.68. The molecular weight excluding hydrogens is 308 g/mol. The third-order valence-electron chi connectivity index (χ3n) is 2.21. The van der Waals surface area contributed by atoms with Crippen LogP contribution in [-0.2, 0) is 6.42 Å². The zero-order valence-electron chi connectivity index (χ0n) is 8.70. The smallest absolute Gasteiger partial charge is 0.143 e. The second kappa shape index (κ2) is 5.25. The Morgan fingerprint density at radius 1 is 1.38 bits per heavy atom. The Bertz CT molecular complexity index is 498. The lowest BCUT2D eigenvalue weighted by Crippen LogP contribution is -1.83. The first-order chi connectivity index (χ1) is 7.70. The summed E-state index contributed by atoms with van der Waals surface area (Å²) in [4.78, 5) is 0. The van der Waals surface area contributed by atoms with Gasteiger partial charge in [0.05, 0.1) is 0 Å². The van der Waals surface area contributed by atoms with E-state index in [0.29, 0.717) is 5.88 Å². The Balaban J connectivity index is 2.38. The lowest BCUT2D eigenvalue weighted by molar-refractivity contribution is 0.989. The first kappa shape index (κ1) is 12.0. The van der Waals surface area contributed by atoms with Gasteiger partial charge in [-0.2, -0.15) is 0 Å². The minimum Gasteiger partial charge on any atom is -0.143 e.